The van der Waals surface area contributed by atoms with Crippen molar-refractivity contribution >= 4 is 12.0 Å². The number of aliphatic hydroxyl groups is 1. The molecule has 1 aliphatic carbocycles. The Balaban J connectivity index is 1.48. The number of carbonyl (C=O) groups excluding carboxylic acids is 1. The van der Waals surface area contributed by atoms with Crippen LogP contribution >= 0.6 is 0 Å². The molecule has 5 nitrogen and oxygen atoms in total. The highest BCUT2D eigenvalue weighted by Gasteiger charge is 2.22. The van der Waals surface area contributed by atoms with Gasteiger partial charge < -0.3 is 15.0 Å². The number of benzene rings is 1. The van der Waals surface area contributed by atoms with Crippen molar-refractivity contribution in [1.29, 1.82) is 0 Å². The van der Waals surface area contributed by atoms with Crippen LogP contribution in [-0.2, 0) is 4.79 Å². The Morgan fingerprint density at radius 3 is 2.75 bits per heavy atom. The van der Waals surface area contributed by atoms with E-state index in [-0.39, 0.29) is 5.91 Å². The van der Waals surface area contributed by atoms with Crippen LogP contribution in [0.25, 0.3) is 11.8 Å². The molecule has 0 spiro atoms. The highest BCUT2D eigenvalue weighted by Crippen LogP contribution is 2.27. The fourth-order valence-corrected chi connectivity index (χ4v) is 3.11. The molecule has 0 aliphatic heterocycles. The molecule has 1 fully saturated rings. The number of nitrogens with one attached hydrogen (secondary N) is 1. The van der Waals surface area contributed by atoms with Crippen molar-refractivity contribution in [3.63, 3.8) is 0 Å². The lowest BCUT2D eigenvalue weighted by Crippen LogP contribution is -2.34. The maximum atomic E-state index is 11.9. The maximum Gasteiger partial charge on any atom is 0.244 e. The average molecular weight is 325 g/mol. The van der Waals surface area contributed by atoms with Gasteiger partial charge in [0.2, 0.25) is 5.91 Å². The lowest BCUT2D eigenvalue weighted by atomic mass is 10.0. The van der Waals surface area contributed by atoms with Gasteiger partial charge in [-0.2, -0.15) is 0 Å². The van der Waals surface area contributed by atoms with Crippen molar-refractivity contribution in [3.05, 3.63) is 54.6 Å². The summed E-state index contributed by atoms with van der Waals surface area (Å²) in [6.45, 7) is 0.327. The second kappa shape index (κ2) is 7.93. The lowest BCUT2D eigenvalue weighted by molar-refractivity contribution is -0.117. The zero-order valence-corrected chi connectivity index (χ0v) is 13.6. The molecule has 24 heavy (non-hydrogen) atoms. The Labute approximate surface area is 142 Å². The minimum absolute atomic E-state index is 0.175. The van der Waals surface area contributed by atoms with Crippen LogP contribution in [0.2, 0.25) is 0 Å². The van der Waals surface area contributed by atoms with Gasteiger partial charge >= 0.3 is 0 Å². The highest BCUT2D eigenvalue weighted by molar-refractivity contribution is 5.91. The zero-order valence-electron chi connectivity index (χ0n) is 13.6. The van der Waals surface area contributed by atoms with Gasteiger partial charge in [0.1, 0.15) is 0 Å². The molecule has 2 N–H and O–H groups in total. The molecule has 1 amide bonds. The summed E-state index contributed by atoms with van der Waals surface area (Å²) in [6.07, 6.45) is 12.7. The van der Waals surface area contributed by atoms with Crippen LogP contribution in [0.4, 0.5) is 0 Å². The summed E-state index contributed by atoms with van der Waals surface area (Å²) in [6, 6.07) is 7.85. The number of aromatic nitrogens is 2. The van der Waals surface area contributed by atoms with Crippen LogP contribution in [0.15, 0.2) is 49.1 Å². The Hall–Kier alpha value is -2.40. The van der Waals surface area contributed by atoms with E-state index in [9.17, 15) is 9.90 Å². The van der Waals surface area contributed by atoms with Crippen molar-refractivity contribution in [2.45, 2.75) is 31.8 Å². The first kappa shape index (κ1) is 16.5. The zero-order chi connectivity index (χ0) is 16.8. The fourth-order valence-electron chi connectivity index (χ4n) is 3.11. The summed E-state index contributed by atoms with van der Waals surface area (Å²) in [4.78, 5) is 15.9. The molecule has 1 atom stereocenters. The van der Waals surface area contributed by atoms with E-state index >= 15 is 0 Å². The first-order valence-electron chi connectivity index (χ1n) is 8.45. The van der Waals surface area contributed by atoms with Gasteiger partial charge in [0.05, 0.1) is 12.4 Å². The molecule has 0 radical (unpaired) electrons. The van der Waals surface area contributed by atoms with Crippen LogP contribution in [0.1, 0.15) is 31.2 Å². The quantitative estimate of drug-likeness (QED) is 0.802. The van der Waals surface area contributed by atoms with Gasteiger partial charge in [-0.05, 0) is 42.5 Å². The molecular formula is C19H23N3O2. The number of carbonyl (C=O) groups is 1. The Morgan fingerprint density at radius 2 is 2.08 bits per heavy atom. The summed E-state index contributed by atoms with van der Waals surface area (Å²) >= 11 is 0. The highest BCUT2D eigenvalue weighted by atomic mass is 16.3. The third kappa shape index (κ3) is 4.32. The van der Waals surface area contributed by atoms with Crippen LogP contribution in [0.3, 0.4) is 0 Å². The molecule has 3 rings (SSSR count). The number of aliphatic hydroxyl groups excluding tert-OH is 1. The third-order valence-electron chi connectivity index (χ3n) is 4.55. The van der Waals surface area contributed by atoms with Crippen LogP contribution in [0, 0.1) is 5.92 Å². The van der Waals surface area contributed by atoms with E-state index < -0.39 is 6.10 Å². The second-order valence-electron chi connectivity index (χ2n) is 6.25. The van der Waals surface area contributed by atoms with E-state index in [0.717, 1.165) is 24.1 Å². The molecule has 1 heterocycles. The van der Waals surface area contributed by atoms with Gasteiger partial charge in [-0.25, -0.2) is 4.98 Å². The van der Waals surface area contributed by atoms with E-state index in [2.05, 4.69) is 10.3 Å². The van der Waals surface area contributed by atoms with Gasteiger partial charge in [-0.15, -0.1) is 0 Å². The molecule has 2 aromatic rings. The first-order valence-corrected chi connectivity index (χ1v) is 8.45. The normalized spacial score (nSPS) is 16.5. The molecule has 0 saturated heterocycles. The molecule has 126 valence electrons. The molecule has 1 aromatic heterocycles. The largest absolute Gasteiger partial charge is 0.391 e. The standard InChI is InChI=1S/C19H23N3O2/c23-18(16-3-1-2-4-16)13-21-19(24)10-7-15-5-8-17(9-6-15)22-12-11-20-14-22/h5-12,14,16,18,23H,1-4,13H2,(H,21,24)/b10-7+. The topological polar surface area (TPSA) is 67.2 Å². The van der Waals surface area contributed by atoms with Crippen LogP contribution in [0.5, 0.6) is 0 Å². The van der Waals surface area contributed by atoms with Gasteiger partial charge in [0, 0.05) is 30.7 Å². The van der Waals surface area contributed by atoms with Gasteiger partial charge in [0.15, 0.2) is 0 Å². The first-order chi connectivity index (χ1) is 11.7. The summed E-state index contributed by atoms with van der Waals surface area (Å²) in [5, 5.41) is 12.8. The molecule has 0 bridgehead atoms. The second-order valence-corrected chi connectivity index (χ2v) is 6.25. The van der Waals surface area contributed by atoms with E-state index in [1.165, 1.54) is 18.9 Å². The molecule has 5 heteroatoms. The van der Waals surface area contributed by atoms with Crippen molar-refractivity contribution in [2.75, 3.05) is 6.54 Å². The van der Waals surface area contributed by atoms with Gasteiger partial charge in [-0.1, -0.05) is 25.0 Å². The molecule has 1 unspecified atom stereocenters. The van der Waals surface area contributed by atoms with E-state index in [1.54, 1.807) is 18.6 Å². The minimum Gasteiger partial charge on any atom is -0.391 e. The molecule has 1 aliphatic rings. The SMILES string of the molecule is O=C(/C=C/c1ccc(-n2ccnc2)cc1)NCC(O)C1CCCC1. The third-order valence-corrected chi connectivity index (χ3v) is 4.55. The summed E-state index contributed by atoms with van der Waals surface area (Å²) in [7, 11) is 0. The predicted octanol–water partition coefficient (Wildman–Crippen LogP) is 2.55. The number of amides is 1. The smallest absolute Gasteiger partial charge is 0.244 e. The van der Waals surface area contributed by atoms with Crippen molar-refractivity contribution in [2.24, 2.45) is 5.92 Å². The Bertz CT molecular complexity index is 671. The van der Waals surface area contributed by atoms with Crippen molar-refractivity contribution in [1.82, 2.24) is 14.9 Å². The van der Waals surface area contributed by atoms with E-state index in [1.807, 2.05) is 35.0 Å². The van der Waals surface area contributed by atoms with Gasteiger partial charge in [0.25, 0.3) is 0 Å². The summed E-state index contributed by atoms with van der Waals surface area (Å²) in [5.41, 5.74) is 1.97. The van der Waals surface area contributed by atoms with Crippen LogP contribution in [-0.4, -0.2) is 33.2 Å². The monoisotopic (exact) mass is 325 g/mol. The van der Waals surface area contributed by atoms with Gasteiger partial charge in [-0.3, -0.25) is 4.79 Å². The number of hydrogen-bond acceptors (Lipinski definition) is 3. The number of imidazole rings is 1. The Morgan fingerprint density at radius 1 is 1.33 bits per heavy atom. The van der Waals surface area contributed by atoms with Crippen LogP contribution < -0.4 is 5.32 Å². The van der Waals surface area contributed by atoms with E-state index in [0.29, 0.717) is 12.5 Å². The summed E-state index contributed by atoms with van der Waals surface area (Å²) in [5.74, 6) is 0.163. The van der Waals surface area contributed by atoms with Crippen molar-refractivity contribution in [3.8, 4) is 5.69 Å². The molecule has 1 saturated carbocycles. The number of hydrogen-bond donors (Lipinski definition) is 2. The minimum atomic E-state index is -0.431. The predicted molar refractivity (Wildman–Crippen MR) is 93.6 cm³/mol. The molecular weight excluding hydrogens is 302 g/mol. The van der Waals surface area contributed by atoms with Crippen molar-refractivity contribution < 1.29 is 9.90 Å². The number of rotatable bonds is 6. The lowest BCUT2D eigenvalue weighted by Gasteiger charge is -2.17. The van der Waals surface area contributed by atoms with E-state index in [4.69, 9.17) is 0 Å². The molecule has 1 aromatic carbocycles. The fraction of sp³-hybridized carbons (Fsp3) is 0.368. The Kier molecular flexibility index (Phi) is 5.43. The average Bonchev–Trinajstić information content (AvgIpc) is 3.31. The maximum absolute atomic E-state index is 11.9. The summed E-state index contributed by atoms with van der Waals surface area (Å²) < 4.78 is 1.92. The number of nitrogens with zero attached hydrogens (tertiary/aromatic N) is 2.